The molecule has 0 saturated heterocycles. The summed E-state index contributed by atoms with van der Waals surface area (Å²) in [6.45, 7) is 11.3. The van der Waals surface area contributed by atoms with E-state index in [0.717, 1.165) is 16.8 Å². The molecule has 4 N–H and O–H groups in total. The molecule has 13 nitrogen and oxygen atoms in total. The number of esters is 2. The topological polar surface area (TPSA) is 173 Å². The number of amides is 3. The summed E-state index contributed by atoms with van der Waals surface area (Å²) in [4.78, 5) is 66.1. The number of carbonyl (C=O) groups excluding carboxylic acids is 5. The zero-order chi connectivity index (χ0) is 40.4. The van der Waals surface area contributed by atoms with Crippen molar-refractivity contribution in [2.45, 2.75) is 96.8 Å². The third-order valence-electron chi connectivity index (χ3n) is 8.04. The second-order valence-electron chi connectivity index (χ2n) is 15.1. The largest absolute Gasteiger partial charge is 0.460 e. The van der Waals surface area contributed by atoms with Crippen molar-refractivity contribution in [3.63, 3.8) is 0 Å². The number of aromatic nitrogens is 1. The first-order valence-electron chi connectivity index (χ1n) is 18.0. The van der Waals surface area contributed by atoms with Gasteiger partial charge in [0.25, 0.3) is 0 Å². The molecule has 4 rings (SSSR count). The van der Waals surface area contributed by atoms with E-state index in [9.17, 15) is 29.1 Å². The fraction of sp³-hybridized carbons (Fsp3) is 0.415. The maximum atomic E-state index is 13.7. The average Bonchev–Trinajstić information content (AvgIpc) is 3.34. The minimum absolute atomic E-state index is 0.0193. The highest BCUT2D eigenvalue weighted by Gasteiger charge is 2.49. The summed E-state index contributed by atoms with van der Waals surface area (Å²) in [5.41, 5.74) is -0.217. The molecule has 3 aromatic rings. The van der Waals surface area contributed by atoms with Gasteiger partial charge >= 0.3 is 18.0 Å². The first-order chi connectivity index (χ1) is 25.8. The van der Waals surface area contributed by atoms with Crippen LogP contribution in [0.25, 0.3) is 5.70 Å². The van der Waals surface area contributed by atoms with Gasteiger partial charge in [-0.25, -0.2) is 9.59 Å². The second kappa shape index (κ2) is 18.4. The third kappa shape index (κ3) is 12.7. The minimum Gasteiger partial charge on any atom is -0.460 e. The Morgan fingerprint density at radius 3 is 2.07 bits per heavy atom. The molecule has 0 radical (unpaired) electrons. The number of aliphatic hydroxyl groups is 1. The maximum Gasteiger partial charge on any atom is 0.408 e. The molecule has 1 unspecified atom stereocenters. The molecule has 0 bridgehead atoms. The molecule has 0 fully saturated rings. The van der Waals surface area contributed by atoms with Gasteiger partial charge in [0.15, 0.2) is 11.8 Å². The zero-order valence-electron chi connectivity index (χ0n) is 32.3. The molecule has 2 aromatic carbocycles. The van der Waals surface area contributed by atoms with Crippen LogP contribution in [0, 0.1) is 0 Å². The summed E-state index contributed by atoms with van der Waals surface area (Å²) < 4.78 is 18.0. The average molecular weight is 776 g/mol. The van der Waals surface area contributed by atoms with Gasteiger partial charge in [-0.05, 0) is 78.6 Å². The second-order valence-corrected chi connectivity index (χ2v) is 16.2. The van der Waals surface area contributed by atoms with E-state index in [1.165, 1.54) is 11.8 Å². The molecule has 0 saturated carbocycles. The summed E-state index contributed by atoms with van der Waals surface area (Å²) in [6, 6.07) is 21.6. The van der Waals surface area contributed by atoms with Gasteiger partial charge in [0.05, 0.1) is 4.91 Å². The van der Waals surface area contributed by atoms with Crippen molar-refractivity contribution in [1.29, 1.82) is 0 Å². The normalized spacial score (nSPS) is 16.3. The summed E-state index contributed by atoms with van der Waals surface area (Å²) >= 11 is 1.19. The number of thioether (sulfide) groups is 1. The van der Waals surface area contributed by atoms with E-state index in [4.69, 9.17) is 14.2 Å². The standard InChI is InChI=1S/C41H50N4O9S/c1-39(2,3)53-37(49)29(44-38(50)54-40(4,5)6)21-22-32(46)43-30(36(48)42-24-33(47)52-25-27-16-10-8-11-17-27)26-55-35-34(28-18-12-9-13-19-28)45-23-15-14-20-31(45)41(35,7)51/h8-20,23,29-30,51H,21-22,24-26H2,1-7H3,(H2-,42,43,44,46,48,50)/p+1/t29-,30-,41?/m0/s1. The fourth-order valence-corrected chi connectivity index (χ4v) is 6.91. The molecule has 55 heavy (non-hydrogen) atoms. The Balaban J connectivity index is 1.54. The first kappa shape index (κ1) is 42.5. The number of carbonyl (C=O) groups is 5. The van der Waals surface area contributed by atoms with Crippen LogP contribution < -0.4 is 20.5 Å². The molecule has 1 aromatic heterocycles. The predicted octanol–water partition coefficient (Wildman–Crippen LogP) is 4.50. The number of nitrogens with one attached hydrogen (secondary N) is 3. The lowest BCUT2D eigenvalue weighted by Crippen LogP contribution is -2.50. The highest BCUT2D eigenvalue weighted by Crippen LogP contribution is 2.44. The number of nitrogens with zero attached hydrogens (tertiary/aromatic N) is 1. The van der Waals surface area contributed by atoms with Crippen molar-refractivity contribution in [3.8, 4) is 0 Å². The van der Waals surface area contributed by atoms with Crippen LogP contribution in [0.5, 0.6) is 0 Å². The quantitative estimate of drug-likeness (QED) is 0.0979. The van der Waals surface area contributed by atoms with E-state index >= 15 is 0 Å². The van der Waals surface area contributed by atoms with Crippen molar-refractivity contribution in [3.05, 3.63) is 107 Å². The Morgan fingerprint density at radius 1 is 0.818 bits per heavy atom. The predicted molar refractivity (Wildman–Crippen MR) is 207 cm³/mol. The van der Waals surface area contributed by atoms with Gasteiger partial charge in [-0.15, -0.1) is 11.8 Å². The van der Waals surface area contributed by atoms with E-state index in [1.54, 1.807) is 60.6 Å². The zero-order valence-corrected chi connectivity index (χ0v) is 33.2. The maximum absolute atomic E-state index is 13.7. The Labute approximate surface area is 326 Å². The van der Waals surface area contributed by atoms with Gasteiger partial charge in [0, 0.05) is 29.9 Å². The SMILES string of the molecule is CC(C)(C)OC(=O)N[C@@H](CCC(=O)N[C@@H](CSC1=C(c2ccccc2)[n+]2ccccc2C1(C)O)C(=O)NCC(=O)OCc1ccccc1)C(=O)OC(C)(C)C. The minimum atomic E-state index is -1.45. The number of rotatable bonds is 15. The van der Waals surface area contributed by atoms with Crippen LogP contribution in [0.3, 0.4) is 0 Å². The Morgan fingerprint density at radius 2 is 1.44 bits per heavy atom. The lowest BCUT2D eigenvalue weighted by atomic mass is 10.0. The number of benzene rings is 2. The summed E-state index contributed by atoms with van der Waals surface area (Å²) in [7, 11) is 0. The van der Waals surface area contributed by atoms with Gasteiger partial charge in [-0.3, -0.25) is 14.4 Å². The monoisotopic (exact) mass is 775 g/mol. The Bertz CT molecular complexity index is 1870. The molecule has 294 valence electrons. The van der Waals surface area contributed by atoms with Gasteiger partial charge in [-0.2, -0.15) is 4.57 Å². The van der Waals surface area contributed by atoms with E-state index in [1.807, 2.05) is 77.5 Å². The molecule has 14 heteroatoms. The number of hydrogen-bond acceptors (Lipinski definition) is 10. The Hall–Kier alpha value is -5.21. The molecule has 2 heterocycles. The molecule has 0 aliphatic carbocycles. The first-order valence-corrected chi connectivity index (χ1v) is 19.0. The molecular formula is C41H51N4O9S+. The van der Waals surface area contributed by atoms with Crippen LogP contribution in [0.4, 0.5) is 4.79 Å². The number of pyridine rings is 1. The van der Waals surface area contributed by atoms with Crippen molar-refractivity contribution >= 4 is 47.3 Å². The van der Waals surface area contributed by atoms with Crippen molar-refractivity contribution < 1.29 is 47.9 Å². The fourth-order valence-electron chi connectivity index (χ4n) is 5.60. The van der Waals surface area contributed by atoms with Gasteiger partial charge in [-0.1, -0.05) is 48.5 Å². The lowest BCUT2D eigenvalue weighted by Gasteiger charge is -2.26. The van der Waals surface area contributed by atoms with E-state index < -0.39 is 65.3 Å². The van der Waals surface area contributed by atoms with E-state index in [-0.39, 0.29) is 25.2 Å². The molecule has 3 amide bonds. The van der Waals surface area contributed by atoms with Crippen molar-refractivity contribution in [2.24, 2.45) is 0 Å². The highest BCUT2D eigenvalue weighted by atomic mass is 32.2. The van der Waals surface area contributed by atoms with Crippen LogP contribution >= 0.6 is 11.8 Å². The van der Waals surface area contributed by atoms with E-state index in [2.05, 4.69) is 16.0 Å². The van der Waals surface area contributed by atoms with Crippen LogP contribution in [-0.4, -0.2) is 70.5 Å². The van der Waals surface area contributed by atoms with Crippen LogP contribution in [-0.2, 0) is 45.6 Å². The van der Waals surface area contributed by atoms with Crippen LogP contribution in [0.1, 0.15) is 78.1 Å². The van der Waals surface area contributed by atoms with Gasteiger partial charge in [0.2, 0.25) is 23.2 Å². The number of hydrogen-bond donors (Lipinski definition) is 4. The van der Waals surface area contributed by atoms with Gasteiger partial charge in [0.1, 0.15) is 36.4 Å². The molecule has 3 atom stereocenters. The summed E-state index contributed by atoms with van der Waals surface area (Å²) in [6.07, 6.45) is 0.530. The smallest absolute Gasteiger partial charge is 0.408 e. The summed E-state index contributed by atoms with van der Waals surface area (Å²) in [5, 5.41) is 19.7. The number of fused-ring (bicyclic) bond motifs is 1. The highest BCUT2D eigenvalue weighted by molar-refractivity contribution is 8.03. The summed E-state index contributed by atoms with van der Waals surface area (Å²) in [5.74, 6) is -2.76. The number of ether oxygens (including phenoxy) is 3. The molecule has 1 aliphatic rings. The molecule has 1 aliphatic heterocycles. The third-order valence-corrected chi connectivity index (χ3v) is 9.42. The lowest BCUT2D eigenvalue weighted by molar-refractivity contribution is -0.588. The molecular weight excluding hydrogens is 725 g/mol. The van der Waals surface area contributed by atoms with Crippen molar-refractivity contribution in [1.82, 2.24) is 16.0 Å². The van der Waals surface area contributed by atoms with Crippen LogP contribution in [0.15, 0.2) is 90.0 Å². The van der Waals surface area contributed by atoms with E-state index in [0.29, 0.717) is 10.6 Å². The van der Waals surface area contributed by atoms with Crippen LogP contribution in [0.2, 0.25) is 0 Å². The Kier molecular flexibility index (Phi) is 14.2. The number of alkyl carbamates (subject to hydrolysis) is 1. The van der Waals surface area contributed by atoms with Gasteiger partial charge < -0.3 is 35.3 Å². The van der Waals surface area contributed by atoms with Crippen molar-refractivity contribution in [2.75, 3.05) is 12.3 Å². The molecule has 0 spiro atoms.